The summed E-state index contributed by atoms with van der Waals surface area (Å²) in [4.78, 5) is 4.24. The lowest BCUT2D eigenvalue weighted by atomic mass is 10.4. The van der Waals surface area contributed by atoms with E-state index in [1.165, 1.54) is 0 Å². The summed E-state index contributed by atoms with van der Waals surface area (Å²) in [6.07, 6.45) is 1.86. The van der Waals surface area contributed by atoms with E-state index < -0.39 is 5.79 Å². The summed E-state index contributed by atoms with van der Waals surface area (Å²) < 4.78 is 10.9. The van der Waals surface area contributed by atoms with Crippen LogP contribution in [0.1, 0.15) is 27.7 Å². The summed E-state index contributed by atoms with van der Waals surface area (Å²) in [6.45, 7) is 8.52. The third kappa shape index (κ3) is 2.91. The third-order valence-corrected chi connectivity index (χ3v) is 1.58. The van der Waals surface area contributed by atoms with E-state index in [0.29, 0.717) is 12.6 Å². The molecule has 0 spiro atoms. The van der Waals surface area contributed by atoms with Gasteiger partial charge in [-0.3, -0.25) is 4.99 Å². The quantitative estimate of drug-likeness (QED) is 0.591. The molecule has 12 heavy (non-hydrogen) atoms. The Morgan fingerprint density at radius 2 is 2.17 bits per heavy atom. The Balaban J connectivity index is 2.38. The van der Waals surface area contributed by atoms with Crippen molar-refractivity contribution in [1.82, 2.24) is 0 Å². The summed E-state index contributed by atoms with van der Waals surface area (Å²) in [5.74, 6) is -0.437. The van der Waals surface area contributed by atoms with Crippen LogP contribution in [0, 0.1) is 0 Å². The lowest BCUT2D eigenvalue weighted by molar-refractivity contribution is -0.130. The molecule has 0 aromatic heterocycles. The van der Waals surface area contributed by atoms with E-state index in [-0.39, 0.29) is 6.10 Å². The van der Waals surface area contributed by atoms with E-state index in [4.69, 9.17) is 9.47 Å². The van der Waals surface area contributed by atoms with Crippen molar-refractivity contribution in [2.45, 2.75) is 45.6 Å². The monoisotopic (exact) mass is 171 g/mol. The standard InChI is InChI=1S/C9H17NO2/c1-7(2)10-5-8-6-11-9(3,4)12-8/h5,7-8H,6H2,1-4H3. The minimum Gasteiger partial charge on any atom is -0.347 e. The summed E-state index contributed by atoms with van der Waals surface area (Å²) in [5, 5.41) is 0. The van der Waals surface area contributed by atoms with Crippen molar-refractivity contribution in [3.63, 3.8) is 0 Å². The molecular formula is C9H17NO2. The average Bonchev–Trinajstić information content (AvgIpc) is 2.26. The van der Waals surface area contributed by atoms with Crippen LogP contribution < -0.4 is 0 Å². The van der Waals surface area contributed by atoms with Gasteiger partial charge in [0.15, 0.2) is 5.79 Å². The van der Waals surface area contributed by atoms with Gasteiger partial charge in [0.05, 0.1) is 6.61 Å². The fourth-order valence-corrected chi connectivity index (χ4v) is 1.06. The fourth-order valence-electron chi connectivity index (χ4n) is 1.06. The minimum absolute atomic E-state index is 0.0300. The maximum Gasteiger partial charge on any atom is 0.163 e. The van der Waals surface area contributed by atoms with Gasteiger partial charge in [0.2, 0.25) is 0 Å². The number of hydrogen-bond donors (Lipinski definition) is 0. The zero-order valence-electron chi connectivity index (χ0n) is 8.20. The zero-order valence-corrected chi connectivity index (χ0v) is 8.20. The van der Waals surface area contributed by atoms with Gasteiger partial charge in [0.1, 0.15) is 6.10 Å². The first kappa shape index (κ1) is 9.68. The number of ether oxygens (including phenoxy) is 2. The minimum atomic E-state index is -0.437. The van der Waals surface area contributed by atoms with Crippen molar-refractivity contribution in [1.29, 1.82) is 0 Å². The van der Waals surface area contributed by atoms with Crippen LogP contribution in [0.5, 0.6) is 0 Å². The summed E-state index contributed by atoms with van der Waals surface area (Å²) in [7, 11) is 0. The second-order valence-corrected chi connectivity index (χ2v) is 3.76. The largest absolute Gasteiger partial charge is 0.347 e. The molecule has 0 aromatic carbocycles. The summed E-state index contributed by atoms with van der Waals surface area (Å²) in [6, 6.07) is 0.331. The van der Waals surface area contributed by atoms with Crippen LogP contribution in [0.4, 0.5) is 0 Å². The second-order valence-electron chi connectivity index (χ2n) is 3.76. The van der Waals surface area contributed by atoms with Crippen LogP contribution >= 0.6 is 0 Å². The molecule has 1 rings (SSSR count). The molecule has 0 amide bonds. The molecule has 1 atom stereocenters. The van der Waals surface area contributed by atoms with Gasteiger partial charge in [-0.15, -0.1) is 0 Å². The van der Waals surface area contributed by atoms with Gasteiger partial charge in [-0.2, -0.15) is 0 Å². The Kier molecular flexibility index (Phi) is 2.85. The van der Waals surface area contributed by atoms with Crippen LogP contribution in [-0.4, -0.2) is 30.8 Å². The molecule has 0 saturated carbocycles. The van der Waals surface area contributed by atoms with Crippen molar-refractivity contribution >= 4 is 6.21 Å². The van der Waals surface area contributed by atoms with E-state index in [1.54, 1.807) is 0 Å². The second kappa shape index (κ2) is 3.54. The molecule has 3 heteroatoms. The van der Waals surface area contributed by atoms with E-state index in [9.17, 15) is 0 Å². The fraction of sp³-hybridized carbons (Fsp3) is 0.889. The molecule has 1 aliphatic heterocycles. The number of hydrogen-bond acceptors (Lipinski definition) is 3. The molecule has 0 aliphatic carbocycles. The van der Waals surface area contributed by atoms with Crippen molar-refractivity contribution < 1.29 is 9.47 Å². The molecule has 1 aliphatic rings. The lowest BCUT2D eigenvalue weighted by Crippen LogP contribution is -2.22. The van der Waals surface area contributed by atoms with Gasteiger partial charge in [0, 0.05) is 12.3 Å². The highest BCUT2D eigenvalue weighted by Gasteiger charge is 2.31. The van der Waals surface area contributed by atoms with Crippen LogP contribution in [0.3, 0.4) is 0 Å². The van der Waals surface area contributed by atoms with Gasteiger partial charge in [-0.05, 0) is 27.7 Å². The first-order valence-corrected chi connectivity index (χ1v) is 4.35. The highest BCUT2D eigenvalue weighted by molar-refractivity contribution is 5.63. The molecule has 0 bridgehead atoms. The van der Waals surface area contributed by atoms with Gasteiger partial charge in [-0.1, -0.05) is 0 Å². The first-order valence-electron chi connectivity index (χ1n) is 4.35. The molecular weight excluding hydrogens is 154 g/mol. The lowest BCUT2D eigenvalue weighted by Gasteiger charge is -2.15. The van der Waals surface area contributed by atoms with Crippen molar-refractivity contribution in [2.24, 2.45) is 4.99 Å². The molecule has 1 heterocycles. The van der Waals surface area contributed by atoms with Crippen molar-refractivity contribution in [3.05, 3.63) is 0 Å². The van der Waals surface area contributed by atoms with E-state index in [2.05, 4.69) is 4.99 Å². The molecule has 1 saturated heterocycles. The predicted molar refractivity (Wildman–Crippen MR) is 48.5 cm³/mol. The molecule has 0 radical (unpaired) electrons. The molecule has 70 valence electrons. The number of rotatable bonds is 2. The Morgan fingerprint density at radius 1 is 1.50 bits per heavy atom. The molecule has 0 aromatic rings. The summed E-state index contributed by atoms with van der Waals surface area (Å²) >= 11 is 0. The third-order valence-electron chi connectivity index (χ3n) is 1.58. The molecule has 0 N–H and O–H groups in total. The average molecular weight is 171 g/mol. The Labute approximate surface area is 73.8 Å². The molecule has 1 unspecified atom stereocenters. The van der Waals surface area contributed by atoms with Gasteiger partial charge in [-0.25, -0.2) is 0 Å². The highest BCUT2D eigenvalue weighted by Crippen LogP contribution is 2.21. The van der Waals surface area contributed by atoms with Crippen molar-refractivity contribution in [3.8, 4) is 0 Å². The molecule has 3 nitrogen and oxygen atoms in total. The van der Waals surface area contributed by atoms with Gasteiger partial charge in [0.25, 0.3) is 0 Å². The Morgan fingerprint density at radius 3 is 2.58 bits per heavy atom. The number of nitrogens with zero attached hydrogens (tertiary/aromatic N) is 1. The SMILES string of the molecule is CC(C)N=CC1COC(C)(C)O1. The van der Waals surface area contributed by atoms with Crippen LogP contribution in [-0.2, 0) is 9.47 Å². The zero-order chi connectivity index (χ0) is 9.19. The maximum atomic E-state index is 5.53. The van der Waals surface area contributed by atoms with Crippen LogP contribution in [0.25, 0.3) is 0 Å². The normalized spacial score (nSPS) is 28.9. The predicted octanol–water partition coefficient (Wildman–Crippen LogP) is 1.62. The van der Waals surface area contributed by atoms with E-state index in [0.717, 1.165) is 0 Å². The summed E-state index contributed by atoms with van der Waals surface area (Å²) in [5.41, 5.74) is 0. The number of aliphatic imine (C=N–C) groups is 1. The maximum absolute atomic E-state index is 5.53. The van der Waals surface area contributed by atoms with Crippen LogP contribution in [0.15, 0.2) is 4.99 Å². The highest BCUT2D eigenvalue weighted by atomic mass is 16.7. The first-order chi connectivity index (χ1) is 5.49. The Hall–Kier alpha value is -0.410. The van der Waals surface area contributed by atoms with Crippen molar-refractivity contribution in [2.75, 3.05) is 6.61 Å². The van der Waals surface area contributed by atoms with Crippen LogP contribution in [0.2, 0.25) is 0 Å². The Bertz CT molecular complexity index is 175. The van der Waals surface area contributed by atoms with E-state index >= 15 is 0 Å². The smallest absolute Gasteiger partial charge is 0.163 e. The molecule has 1 fully saturated rings. The van der Waals surface area contributed by atoms with Gasteiger partial charge >= 0.3 is 0 Å². The van der Waals surface area contributed by atoms with Gasteiger partial charge < -0.3 is 9.47 Å². The van der Waals surface area contributed by atoms with E-state index in [1.807, 2.05) is 33.9 Å². The topological polar surface area (TPSA) is 30.8 Å².